The molecule has 0 atom stereocenters. The van der Waals surface area contributed by atoms with E-state index in [4.69, 9.17) is 5.11 Å². The molecule has 1 saturated carbocycles. The fraction of sp³-hybridized carbons (Fsp3) is 0.545. The van der Waals surface area contributed by atoms with E-state index in [0.717, 1.165) is 25.0 Å². The van der Waals surface area contributed by atoms with E-state index < -0.39 is 5.97 Å². The molecule has 1 aliphatic carbocycles. The van der Waals surface area contributed by atoms with Gasteiger partial charge < -0.3 is 10.4 Å². The smallest absolute Gasteiger partial charge is 0.305 e. The molecule has 0 spiro atoms. The lowest BCUT2D eigenvalue weighted by molar-refractivity contribution is -0.138. The highest BCUT2D eigenvalue weighted by molar-refractivity contribution is 5.69. The van der Waals surface area contributed by atoms with Crippen LogP contribution in [0.1, 0.15) is 31.4 Å². The lowest BCUT2D eigenvalue weighted by Crippen LogP contribution is -2.47. The number of hydrogen-bond acceptors (Lipinski definition) is 4. The van der Waals surface area contributed by atoms with Crippen LogP contribution in [0.3, 0.4) is 0 Å². The van der Waals surface area contributed by atoms with Crippen molar-refractivity contribution < 1.29 is 9.90 Å². The Labute approximate surface area is 93.9 Å². The number of aryl methyl sites for hydroxylation is 1. The van der Waals surface area contributed by atoms with Crippen LogP contribution < -0.4 is 5.32 Å². The molecule has 1 heterocycles. The number of rotatable bonds is 4. The Kier molecular flexibility index (Phi) is 2.77. The maximum atomic E-state index is 10.8. The van der Waals surface area contributed by atoms with E-state index in [2.05, 4.69) is 15.3 Å². The molecule has 0 aliphatic heterocycles. The number of carboxylic acids is 1. The summed E-state index contributed by atoms with van der Waals surface area (Å²) in [6, 6.07) is 0. The second-order valence-corrected chi connectivity index (χ2v) is 4.32. The van der Waals surface area contributed by atoms with Gasteiger partial charge in [0.15, 0.2) is 0 Å². The first-order valence-corrected chi connectivity index (χ1v) is 5.39. The summed E-state index contributed by atoms with van der Waals surface area (Å²) in [5.41, 5.74) is 0.492. The molecule has 1 aliphatic rings. The minimum absolute atomic E-state index is 0.142. The van der Waals surface area contributed by atoms with Gasteiger partial charge in [0, 0.05) is 17.9 Å². The summed E-state index contributed by atoms with van der Waals surface area (Å²) in [5, 5.41) is 12.1. The maximum absolute atomic E-state index is 10.8. The third-order valence-electron chi connectivity index (χ3n) is 3.07. The van der Waals surface area contributed by atoms with Gasteiger partial charge in [-0.1, -0.05) is 0 Å². The SMILES string of the molecule is Cc1nccnc1NC1(CC(=O)O)CCC1. The van der Waals surface area contributed by atoms with Gasteiger partial charge in [-0.2, -0.15) is 0 Å². The highest BCUT2D eigenvalue weighted by atomic mass is 16.4. The van der Waals surface area contributed by atoms with Gasteiger partial charge in [0.1, 0.15) is 5.82 Å². The number of anilines is 1. The number of aromatic nitrogens is 2. The van der Waals surface area contributed by atoms with Gasteiger partial charge in [-0.25, -0.2) is 4.98 Å². The number of carboxylic acid groups (broad SMARTS) is 1. The second kappa shape index (κ2) is 4.08. The van der Waals surface area contributed by atoms with E-state index >= 15 is 0 Å². The molecule has 2 N–H and O–H groups in total. The summed E-state index contributed by atoms with van der Waals surface area (Å²) >= 11 is 0. The Hall–Kier alpha value is -1.65. The molecule has 86 valence electrons. The lowest BCUT2D eigenvalue weighted by Gasteiger charge is -2.42. The molecule has 1 aromatic rings. The largest absolute Gasteiger partial charge is 0.481 e. The van der Waals surface area contributed by atoms with Crippen LogP contribution in [0.2, 0.25) is 0 Å². The number of aliphatic carboxylic acids is 1. The van der Waals surface area contributed by atoms with Gasteiger partial charge in [0.25, 0.3) is 0 Å². The van der Waals surface area contributed by atoms with Crippen molar-refractivity contribution in [3.8, 4) is 0 Å². The van der Waals surface area contributed by atoms with E-state index in [9.17, 15) is 4.79 Å². The summed E-state index contributed by atoms with van der Waals surface area (Å²) < 4.78 is 0. The van der Waals surface area contributed by atoms with Crippen LogP contribution in [0.25, 0.3) is 0 Å². The van der Waals surface area contributed by atoms with Crippen molar-refractivity contribution in [1.82, 2.24) is 9.97 Å². The van der Waals surface area contributed by atoms with E-state index in [1.807, 2.05) is 6.92 Å². The monoisotopic (exact) mass is 221 g/mol. The summed E-state index contributed by atoms with van der Waals surface area (Å²) in [4.78, 5) is 19.1. The van der Waals surface area contributed by atoms with Crippen LogP contribution in [0.4, 0.5) is 5.82 Å². The zero-order valence-corrected chi connectivity index (χ0v) is 9.23. The number of nitrogens with one attached hydrogen (secondary N) is 1. The quantitative estimate of drug-likeness (QED) is 0.807. The van der Waals surface area contributed by atoms with Gasteiger partial charge in [-0.05, 0) is 26.2 Å². The van der Waals surface area contributed by atoms with Crippen molar-refractivity contribution in [2.75, 3.05) is 5.32 Å². The van der Waals surface area contributed by atoms with Crippen LogP contribution in [-0.2, 0) is 4.79 Å². The van der Waals surface area contributed by atoms with Gasteiger partial charge >= 0.3 is 5.97 Å². The van der Waals surface area contributed by atoms with Crippen molar-refractivity contribution in [3.63, 3.8) is 0 Å². The Bertz CT molecular complexity index is 402. The van der Waals surface area contributed by atoms with Crippen LogP contribution >= 0.6 is 0 Å². The molecule has 1 fully saturated rings. The normalized spacial score (nSPS) is 17.6. The zero-order chi connectivity index (χ0) is 11.6. The summed E-state index contributed by atoms with van der Waals surface area (Å²) in [7, 11) is 0. The minimum atomic E-state index is -0.770. The molecule has 0 bridgehead atoms. The van der Waals surface area contributed by atoms with Crippen molar-refractivity contribution in [2.24, 2.45) is 0 Å². The fourth-order valence-electron chi connectivity index (χ4n) is 2.02. The lowest BCUT2D eigenvalue weighted by atomic mass is 9.74. The molecule has 0 saturated heterocycles. The van der Waals surface area contributed by atoms with Crippen LogP contribution in [0.5, 0.6) is 0 Å². The molecule has 0 radical (unpaired) electrons. The maximum Gasteiger partial charge on any atom is 0.305 e. The van der Waals surface area contributed by atoms with Gasteiger partial charge in [0.2, 0.25) is 0 Å². The molecule has 2 rings (SSSR count). The van der Waals surface area contributed by atoms with Crippen molar-refractivity contribution in [2.45, 2.75) is 38.1 Å². The molecular weight excluding hydrogens is 206 g/mol. The van der Waals surface area contributed by atoms with Crippen LogP contribution in [0.15, 0.2) is 12.4 Å². The van der Waals surface area contributed by atoms with E-state index in [1.54, 1.807) is 12.4 Å². The first-order valence-electron chi connectivity index (χ1n) is 5.39. The van der Waals surface area contributed by atoms with Gasteiger partial charge in [0.05, 0.1) is 12.1 Å². The predicted octanol–water partition coefficient (Wildman–Crippen LogP) is 1.59. The predicted molar refractivity (Wildman–Crippen MR) is 59.2 cm³/mol. The van der Waals surface area contributed by atoms with Crippen LogP contribution in [-0.4, -0.2) is 26.6 Å². The van der Waals surface area contributed by atoms with E-state index in [0.29, 0.717) is 5.82 Å². The van der Waals surface area contributed by atoms with Crippen molar-refractivity contribution >= 4 is 11.8 Å². The zero-order valence-electron chi connectivity index (χ0n) is 9.23. The average molecular weight is 221 g/mol. The fourth-order valence-corrected chi connectivity index (χ4v) is 2.02. The first kappa shape index (κ1) is 10.9. The second-order valence-electron chi connectivity index (χ2n) is 4.32. The molecule has 5 heteroatoms. The minimum Gasteiger partial charge on any atom is -0.481 e. The third kappa shape index (κ3) is 2.13. The van der Waals surface area contributed by atoms with Crippen molar-refractivity contribution in [3.05, 3.63) is 18.1 Å². The van der Waals surface area contributed by atoms with Gasteiger partial charge in [-0.15, -0.1) is 0 Å². The van der Waals surface area contributed by atoms with E-state index in [-0.39, 0.29) is 12.0 Å². The molecule has 0 amide bonds. The molecule has 0 aromatic carbocycles. The highest BCUT2D eigenvalue weighted by Gasteiger charge is 2.39. The summed E-state index contributed by atoms with van der Waals surface area (Å²) in [5.74, 6) is -0.0720. The molecule has 0 unspecified atom stereocenters. The average Bonchev–Trinajstić information content (AvgIpc) is 2.17. The molecule has 1 aromatic heterocycles. The number of carbonyl (C=O) groups is 1. The number of hydrogen-bond donors (Lipinski definition) is 2. The third-order valence-corrected chi connectivity index (χ3v) is 3.07. The molecular formula is C11H15N3O2. The Balaban J connectivity index is 2.13. The highest BCUT2D eigenvalue weighted by Crippen LogP contribution is 2.38. The summed E-state index contributed by atoms with van der Waals surface area (Å²) in [6.07, 6.45) is 6.22. The number of nitrogens with zero attached hydrogens (tertiary/aromatic N) is 2. The van der Waals surface area contributed by atoms with E-state index in [1.165, 1.54) is 0 Å². The molecule has 5 nitrogen and oxygen atoms in total. The van der Waals surface area contributed by atoms with Crippen molar-refractivity contribution in [1.29, 1.82) is 0 Å². The Morgan fingerprint density at radius 1 is 1.50 bits per heavy atom. The summed E-state index contributed by atoms with van der Waals surface area (Å²) in [6.45, 7) is 1.86. The first-order chi connectivity index (χ1) is 7.61. The Morgan fingerprint density at radius 2 is 2.19 bits per heavy atom. The Morgan fingerprint density at radius 3 is 2.69 bits per heavy atom. The topological polar surface area (TPSA) is 75.1 Å². The van der Waals surface area contributed by atoms with Crippen LogP contribution in [0, 0.1) is 6.92 Å². The standard InChI is InChI=1S/C11H15N3O2/c1-8-10(13-6-5-12-8)14-11(3-2-4-11)7-9(15)16/h5-6H,2-4,7H2,1H3,(H,13,14)(H,15,16). The van der Waals surface area contributed by atoms with Gasteiger partial charge in [-0.3, -0.25) is 9.78 Å². The molecule has 16 heavy (non-hydrogen) atoms.